The molecule has 0 atom stereocenters. The van der Waals surface area contributed by atoms with Crippen molar-refractivity contribution in [2.45, 2.75) is 26.2 Å². The van der Waals surface area contributed by atoms with Crippen molar-refractivity contribution in [2.75, 3.05) is 0 Å². The van der Waals surface area contributed by atoms with E-state index in [2.05, 4.69) is 0 Å². The largest absolute Gasteiger partial charge is 0.209 e. The van der Waals surface area contributed by atoms with Gasteiger partial charge < -0.3 is 0 Å². The molecule has 9 heavy (non-hydrogen) atoms. The standard InChI is InChI=1S/C6H9Cl2F/c1-2-3-4-5(9)6(7)8/h2-4H2,1H3. The van der Waals surface area contributed by atoms with Gasteiger partial charge in [-0.2, -0.15) is 0 Å². The molecule has 3 heteroatoms. The first-order chi connectivity index (χ1) is 4.18. The van der Waals surface area contributed by atoms with Crippen LogP contribution in [0, 0.1) is 0 Å². The minimum absolute atomic E-state index is 0.233. The van der Waals surface area contributed by atoms with Crippen molar-refractivity contribution in [3.63, 3.8) is 0 Å². The maximum Gasteiger partial charge on any atom is 0.138 e. The third-order valence-electron chi connectivity index (χ3n) is 0.955. The number of unbranched alkanes of at least 4 members (excludes halogenated alkanes) is 1. The van der Waals surface area contributed by atoms with Crippen LogP contribution >= 0.6 is 23.2 Å². The Hall–Kier alpha value is 0.250. The van der Waals surface area contributed by atoms with Gasteiger partial charge in [-0.25, -0.2) is 4.39 Å². The third-order valence-corrected chi connectivity index (χ3v) is 1.36. The van der Waals surface area contributed by atoms with Crippen molar-refractivity contribution >= 4 is 23.2 Å². The molecule has 0 aliphatic heterocycles. The molecule has 0 bridgehead atoms. The molecule has 0 saturated heterocycles. The van der Waals surface area contributed by atoms with E-state index in [1.807, 2.05) is 6.92 Å². The lowest BCUT2D eigenvalue weighted by atomic mass is 10.2. The molecule has 0 N–H and O–H groups in total. The van der Waals surface area contributed by atoms with Gasteiger partial charge in [0.05, 0.1) is 0 Å². The highest BCUT2D eigenvalue weighted by atomic mass is 35.5. The van der Waals surface area contributed by atoms with Gasteiger partial charge in [0.1, 0.15) is 10.3 Å². The van der Waals surface area contributed by atoms with Crippen LogP contribution in [0.3, 0.4) is 0 Å². The first-order valence-electron chi connectivity index (χ1n) is 2.88. The second-order valence-corrected chi connectivity index (χ2v) is 2.72. The quantitative estimate of drug-likeness (QED) is 0.605. The van der Waals surface area contributed by atoms with Gasteiger partial charge in [0.2, 0.25) is 0 Å². The average molecular weight is 171 g/mol. The molecular weight excluding hydrogens is 162 g/mol. The Balaban J connectivity index is 3.50. The second-order valence-electron chi connectivity index (χ2n) is 1.77. The van der Waals surface area contributed by atoms with E-state index >= 15 is 0 Å². The van der Waals surface area contributed by atoms with Crippen molar-refractivity contribution in [2.24, 2.45) is 0 Å². The summed E-state index contributed by atoms with van der Waals surface area (Å²) in [7, 11) is 0. The van der Waals surface area contributed by atoms with Crippen molar-refractivity contribution in [3.05, 3.63) is 10.3 Å². The first-order valence-corrected chi connectivity index (χ1v) is 3.63. The van der Waals surface area contributed by atoms with Crippen molar-refractivity contribution in [3.8, 4) is 0 Å². The number of allylic oxidation sites excluding steroid dienone is 1. The Labute approximate surface area is 64.6 Å². The Bertz CT molecular complexity index is 106. The predicted octanol–water partition coefficient (Wildman–Crippen LogP) is 3.79. The fourth-order valence-corrected chi connectivity index (χ4v) is 0.615. The van der Waals surface area contributed by atoms with Crippen molar-refractivity contribution < 1.29 is 4.39 Å². The summed E-state index contributed by atoms with van der Waals surface area (Å²) in [6.07, 6.45) is 2.11. The van der Waals surface area contributed by atoms with E-state index in [0.29, 0.717) is 6.42 Å². The number of halogens is 3. The minimum Gasteiger partial charge on any atom is -0.209 e. The molecule has 0 heterocycles. The Morgan fingerprint density at radius 3 is 2.33 bits per heavy atom. The SMILES string of the molecule is CCCCC(F)=C(Cl)Cl. The molecule has 0 unspecified atom stereocenters. The lowest BCUT2D eigenvalue weighted by Crippen LogP contribution is -1.74. The van der Waals surface area contributed by atoms with Gasteiger partial charge in [0, 0.05) is 6.42 Å². The molecule has 0 aromatic heterocycles. The summed E-state index contributed by atoms with van der Waals surface area (Å²) < 4.78 is 12.1. The van der Waals surface area contributed by atoms with Gasteiger partial charge in [-0.1, -0.05) is 36.5 Å². The smallest absolute Gasteiger partial charge is 0.138 e. The molecule has 0 nitrogen and oxygen atoms in total. The molecule has 0 radical (unpaired) electrons. The minimum atomic E-state index is -0.403. The summed E-state index contributed by atoms with van der Waals surface area (Å²) in [5.74, 6) is -0.403. The Kier molecular flexibility index (Phi) is 5.21. The monoisotopic (exact) mass is 170 g/mol. The molecule has 0 aliphatic rings. The molecule has 0 amide bonds. The third kappa shape index (κ3) is 4.73. The predicted molar refractivity (Wildman–Crippen MR) is 39.4 cm³/mol. The van der Waals surface area contributed by atoms with E-state index < -0.39 is 5.83 Å². The summed E-state index contributed by atoms with van der Waals surface area (Å²) >= 11 is 10.3. The van der Waals surface area contributed by atoms with Crippen LogP contribution in [-0.4, -0.2) is 0 Å². The molecular formula is C6H9Cl2F. The summed E-state index contributed by atoms with van der Waals surface area (Å²) in [4.78, 5) is 0. The van der Waals surface area contributed by atoms with Gasteiger partial charge in [-0.05, 0) is 6.42 Å². The zero-order valence-corrected chi connectivity index (χ0v) is 6.77. The lowest BCUT2D eigenvalue weighted by molar-refractivity contribution is 0.570. The molecule has 0 fully saturated rings. The molecule has 0 saturated carbocycles. The number of hydrogen-bond acceptors (Lipinski definition) is 0. The van der Waals surface area contributed by atoms with E-state index in [1.165, 1.54) is 0 Å². The van der Waals surface area contributed by atoms with Crippen LogP contribution in [0.4, 0.5) is 4.39 Å². The lowest BCUT2D eigenvalue weighted by Gasteiger charge is -1.92. The van der Waals surface area contributed by atoms with Crippen LogP contribution in [0.15, 0.2) is 10.3 Å². The first kappa shape index (κ1) is 9.25. The maximum absolute atomic E-state index is 12.3. The van der Waals surface area contributed by atoms with Crippen LogP contribution < -0.4 is 0 Å². The molecule has 54 valence electrons. The summed E-state index contributed by atoms with van der Waals surface area (Å²) in [5.41, 5.74) is 0. The summed E-state index contributed by atoms with van der Waals surface area (Å²) in [6.45, 7) is 1.98. The highest BCUT2D eigenvalue weighted by Gasteiger charge is 1.98. The van der Waals surface area contributed by atoms with E-state index in [0.717, 1.165) is 12.8 Å². The fourth-order valence-electron chi connectivity index (χ4n) is 0.426. The van der Waals surface area contributed by atoms with Crippen LogP contribution in [0.2, 0.25) is 0 Å². The molecule has 0 spiro atoms. The number of rotatable bonds is 3. The molecule has 0 aromatic rings. The highest BCUT2D eigenvalue weighted by molar-refractivity contribution is 6.56. The molecule has 0 rings (SSSR count). The zero-order chi connectivity index (χ0) is 7.28. The van der Waals surface area contributed by atoms with Crippen LogP contribution in [0.1, 0.15) is 26.2 Å². The highest BCUT2D eigenvalue weighted by Crippen LogP contribution is 2.19. The van der Waals surface area contributed by atoms with Gasteiger partial charge in [-0.3, -0.25) is 0 Å². The molecule has 0 aromatic carbocycles. The van der Waals surface area contributed by atoms with E-state index in [4.69, 9.17) is 23.2 Å². The van der Waals surface area contributed by atoms with E-state index in [1.54, 1.807) is 0 Å². The van der Waals surface area contributed by atoms with Crippen molar-refractivity contribution in [1.82, 2.24) is 0 Å². The van der Waals surface area contributed by atoms with Gasteiger partial charge >= 0.3 is 0 Å². The van der Waals surface area contributed by atoms with Gasteiger partial charge in [0.15, 0.2) is 0 Å². The van der Waals surface area contributed by atoms with E-state index in [9.17, 15) is 4.39 Å². The number of hydrogen-bond donors (Lipinski definition) is 0. The Morgan fingerprint density at radius 2 is 2.00 bits per heavy atom. The molecule has 0 aliphatic carbocycles. The van der Waals surface area contributed by atoms with Crippen molar-refractivity contribution in [1.29, 1.82) is 0 Å². The second kappa shape index (κ2) is 5.07. The van der Waals surface area contributed by atoms with Crippen LogP contribution in [0.5, 0.6) is 0 Å². The summed E-state index contributed by atoms with van der Waals surface area (Å²) in [5, 5.41) is 0. The fraction of sp³-hybridized carbons (Fsp3) is 0.667. The van der Waals surface area contributed by atoms with E-state index in [-0.39, 0.29) is 4.49 Å². The topological polar surface area (TPSA) is 0 Å². The average Bonchev–Trinajstić information content (AvgIpc) is 1.82. The van der Waals surface area contributed by atoms with Gasteiger partial charge in [-0.15, -0.1) is 0 Å². The van der Waals surface area contributed by atoms with Crippen LogP contribution in [-0.2, 0) is 0 Å². The summed E-state index contributed by atoms with van der Waals surface area (Å²) in [6, 6.07) is 0. The van der Waals surface area contributed by atoms with Gasteiger partial charge in [0.25, 0.3) is 0 Å². The van der Waals surface area contributed by atoms with Crippen LogP contribution in [0.25, 0.3) is 0 Å². The zero-order valence-electron chi connectivity index (χ0n) is 5.26. The normalized spacial score (nSPS) is 9.33. The maximum atomic E-state index is 12.3. The Morgan fingerprint density at radius 1 is 1.44 bits per heavy atom.